The third kappa shape index (κ3) is 2.25. The van der Waals surface area contributed by atoms with E-state index in [2.05, 4.69) is 25.0 Å². The van der Waals surface area contributed by atoms with Crippen molar-refractivity contribution in [2.24, 2.45) is 0 Å². The van der Waals surface area contributed by atoms with Crippen LogP contribution < -0.4 is 5.46 Å². The summed E-state index contributed by atoms with van der Waals surface area (Å²) in [5.74, 6) is 0.557. The van der Waals surface area contributed by atoms with Gasteiger partial charge in [-0.15, -0.1) is 0 Å². The SMILES string of the molecule is CB1CCc2ccc(CC(=O)c3occc3C)cc21. The molecular formula is C16H17BO2. The van der Waals surface area contributed by atoms with E-state index in [0.29, 0.717) is 18.9 Å². The number of ketones is 1. The van der Waals surface area contributed by atoms with Gasteiger partial charge >= 0.3 is 0 Å². The van der Waals surface area contributed by atoms with Gasteiger partial charge in [0.25, 0.3) is 0 Å². The molecule has 96 valence electrons. The van der Waals surface area contributed by atoms with E-state index in [9.17, 15) is 4.79 Å². The van der Waals surface area contributed by atoms with Crippen LogP contribution in [0.5, 0.6) is 0 Å². The number of hydrogen-bond acceptors (Lipinski definition) is 2. The number of aryl methyl sites for hydroxylation is 2. The van der Waals surface area contributed by atoms with Crippen molar-refractivity contribution >= 4 is 18.0 Å². The van der Waals surface area contributed by atoms with Gasteiger partial charge in [0.1, 0.15) is 0 Å². The molecular weight excluding hydrogens is 235 g/mol. The Morgan fingerprint density at radius 1 is 1.37 bits per heavy atom. The number of hydrogen-bond donors (Lipinski definition) is 0. The lowest BCUT2D eigenvalue weighted by molar-refractivity contribution is 0.0965. The fourth-order valence-electron chi connectivity index (χ4n) is 2.89. The Morgan fingerprint density at radius 3 is 2.95 bits per heavy atom. The molecule has 0 atom stereocenters. The van der Waals surface area contributed by atoms with Crippen molar-refractivity contribution in [2.75, 3.05) is 0 Å². The highest BCUT2D eigenvalue weighted by molar-refractivity contribution is 6.73. The van der Waals surface area contributed by atoms with Crippen LogP contribution in [0.4, 0.5) is 0 Å². The molecule has 1 aliphatic rings. The third-order valence-corrected chi connectivity index (χ3v) is 4.07. The first-order valence-corrected chi connectivity index (χ1v) is 6.84. The molecule has 0 N–H and O–H groups in total. The molecule has 2 aromatic rings. The fraction of sp³-hybridized carbons (Fsp3) is 0.312. The van der Waals surface area contributed by atoms with Crippen LogP contribution in [0.15, 0.2) is 34.9 Å². The van der Waals surface area contributed by atoms with Crippen LogP contribution in [0.3, 0.4) is 0 Å². The molecule has 0 fully saturated rings. The highest BCUT2D eigenvalue weighted by atomic mass is 16.3. The highest BCUT2D eigenvalue weighted by Crippen LogP contribution is 2.18. The standard InChI is InChI=1S/C16H17BO2/c1-11-6-8-19-16(11)15(18)10-12-3-4-13-5-7-17(2)14(13)9-12/h3-4,6,8-9H,5,7,10H2,1-2H3. The van der Waals surface area contributed by atoms with Gasteiger partial charge in [0, 0.05) is 6.42 Å². The zero-order valence-corrected chi connectivity index (χ0v) is 11.4. The van der Waals surface area contributed by atoms with Crippen LogP contribution in [-0.2, 0) is 12.8 Å². The second-order valence-corrected chi connectivity index (χ2v) is 5.51. The van der Waals surface area contributed by atoms with Crippen LogP contribution >= 0.6 is 0 Å². The molecule has 1 aliphatic heterocycles. The second-order valence-electron chi connectivity index (χ2n) is 5.51. The van der Waals surface area contributed by atoms with Gasteiger partial charge in [-0.05, 0) is 30.5 Å². The average Bonchev–Trinajstić information content (AvgIpc) is 2.97. The molecule has 1 aromatic carbocycles. The van der Waals surface area contributed by atoms with Crippen LogP contribution in [-0.4, -0.2) is 12.5 Å². The lowest BCUT2D eigenvalue weighted by Gasteiger charge is -2.06. The Morgan fingerprint density at radius 2 is 2.21 bits per heavy atom. The number of Topliss-reactive ketones (excluding diaryl/α,β-unsaturated/α-hetero) is 1. The van der Waals surface area contributed by atoms with E-state index in [4.69, 9.17) is 4.42 Å². The number of furan rings is 1. The second kappa shape index (κ2) is 4.73. The van der Waals surface area contributed by atoms with E-state index >= 15 is 0 Å². The smallest absolute Gasteiger partial charge is 0.202 e. The van der Waals surface area contributed by atoms with Gasteiger partial charge in [0.2, 0.25) is 5.78 Å². The molecule has 19 heavy (non-hydrogen) atoms. The summed E-state index contributed by atoms with van der Waals surface area (Å²) in [7, 11) is 0. The average molecular weight is 252 g/mol. The number of carbonyl (C=O) groups is 1. The molecule has 0 radical (unpaired) electrons. The van der Waals surface area contributed by atoms with Gasteiger partial charge < -0.3 is 4.42 Å². The minimum absolute atomic E-state index is 0.0631. The largest absolute Gasteiger partial charge is 0.461 e. The monoisotopic (exact) mass is 252 g/mol. The van der Waals surface area contributed by atoms with Crippen molar-refractivity contribution in [3.05, 3.63) is 53.0 Å². The number of carbonyl (C=O) groups excluding carboxylic acids is 1. The first-order chi connectivity index (χ1) is 9.15. The molecule has 0 bridgehead atoms. The fourth-order valence-corrected chi connectivity index (χ4v) is 2.89. The Kier molecular flexibility index (Phi) is 3.05. The summed E-state index contributed by atoms with van der Waals surface area (Å²) in [4.78, 5) is 12.2. The van der Waals surface area contributed by atoms with E-state index in [1.165, 1.54) is 23.8 Å². The minimum Gasteiger partial charge on any atom is -0.461 e. The Labute approximate surface area is 113 Å². The van der Waals surface area contributed by atoms with Crippen LogP contribution in [0.1, 0.15) is 27.2 Å². The molecule has 2 nitrogen and oxygen atoms in total. The normalized spacial score (nSPS) is 13.7. The van der Waals surface area contributed by atoms with Crippen molar-refractivity contribution in [1.29, 1.82) is 0 Å². The first-order valence-electron chi connectivity index (χ1n) is 6.84. The van der Waals surface area contributed by atoms with Gasteiger partial charge in [0.05, 0.1) is 6.26 Å². The van der Waals surface area contributed by atoms with E-state index in [-0.39, 0.29) is 5.78 Å². The van der Waals surface area contributed by atoms with Crippen LogP contribution in [0, 0.1) is 6.92 Å². The maximum Gasteiger partial charge on any atom is 0.202 e. The van der Waals surface area contributed by atoms with Crippen molar-refractivity contribution in [3.63, 3.8) is 0 Å². The molecule has 0 saturated carbocycles. The van der Waals surface area contributed by atoms with Crippen LogP contribution in [0.25, 0.3) is 0 Å². The van der Waals surface area contributed by atoms with E-state index < -0.39 is 0 Å². The third-order valence-electron chi connectivity index (χ3n) is 4.07. The topological polar surface area (TPSA) is 30.2 Å². The van der Waals surface area contributed by atoms with E-state index in [0.717, 1.165) is 11.1 Å². The summed E-state index contributed by atoms with van der Waals surface area (Å²) in [6, 6.07) is 8.28. The first kappa shape index (κ1) is 12.3. The predicted octanol–water partition coefficient (Wildman–Crippen LogP) is 2.90. The summed E-state index contributed by atoms with van der Waals surface area (Å²) in [5.41, 5.74) is 4.87. The Balaban J connectivity index is 1.83. The van der Waals surface area contributed by atoms with Gasteiger partial charge in [-0.3, -0.25) is 4.79 Å². The van der Waals surface area contributed by atoms with Crippen LogP contribution in [0.2, 0.25) is 13.1 Å². The summed E-state index contributed by atoms with van der Waals surface area (Å²) >= 11 is 0. The summed E-state index contributed by atoms with van der Waals surface area (Å²) in [6.07, 6.45) is 4.40. The molecule has 2 heterocycles. The summed E-state index contributed by atoms with van der Waals surface area (Å²) < 4.78 is 5.26. The van der Waals surface area contributed by atoms with Crippen molar-refractivity contribution in [1.82, 2.24) is 0 Å². The number of fused-ring (bicyclic) bond motifs is 1. The lowest BCUT2D eigenvalue weighted by atomic mass is 9.48. The van der Waals surface area contributed by atoms with Gasteiger partial charge in [-0.2, -0.15) is 0 Å². The van der Waals surface area contributed by atoms with E-state index in [1.807, 2.05) is 13.0 Å². The van der Waals surface area contributed by atoms with Crippen molar-refractivity contribution < 1.29 is 9.21 Å². The molecule has 3 rings (SSSR count). The zero-order chi connectivity index (χ0) is 13.4. The quantitative estimate of drug-likeness (QED) is 0.621. The molecule has 1 aromatic heterocycles. The molecule has 0 saturated heterocycles. The summed E-state index contributed by atoms with van der Waals surface area (Å²) in [5, 5.41) is 0. The lowest BCUT2D eigenvalue weighted by Crippen LogP contribution is -2.23. The zero-order valence-electron chi connectivity index (χ0n) is 11.4. The summed E-state index contributed by atoms with van der Waals surface area (Å²) in [6.45, 7) is 4.78. The van der Waals surface area contributed by atoms with Gasteiger partial charge in [0.15, 0.2) is 12.5 Å². The van der Waals surface area contributed by atoms with Gasteiger partial charge in [-0.25, -0.2) is 0 Å². The Bertz CT molecular complexity index is 627. The predicted molar refractivity (Wildman–Crippen MR) is 77.7 cm³/mol. The van der Waals surface area contributed by atoms with Crippen molar-refractivity contribution in [2.45, 2.75) is 32.9 Å². The van der Waals surface area contributed by atoms with Gasteiger partial charge in [-0.1, -0.05) is 42.4 Å². The minimum atomic E-state index is 0.0631. The maximum atomic E-state index is 12.2. The van der Waals surface area contributed by atoms with E-state index in [1.54, 1.807) is 6.26 Å². The Hall–Kier alpha value is -1.77. The molecule has 0 aliphatic carbocycles. The maximum absolute atomic E-state index is 12.2. The van der Waals surface area contributed by atoms with Crippen molar-refractivity contribution in [3.8, 4) is 0 Å². The number of benzene rings is 1. The molecule has 3 heteroatoms. The highest BCUT2D eigenvalue weighted by Gasteiger charge is 2.22. The number of rotatable bonds is 3. The molecule has 0 spiro atoms. The molecule has 0 amide bonds. The molecule has 0 unspecified atom stereocenters.